The van der Waals surface area contributed by atoms with E-state index in [1.807, 2.05) is 18.2 Å². The van der Waals surface area contributed by atoms with Crippen molar-refractivity contribution in [3.8, 4) is 11.3 Å². The first-order valence-corrected chi connectivity index (χ1v) is 8.44. The average Bonchev–Trinajstić information content (AvgIpc) is 3.07. The monoisotopic (exact) mass is 323 g/mol. The van der Waals surface area contributed by atoms with Gasteiger partial charge in [0.15, 0.2) is 0 Å². The molecule has 0 amide bonds. The highest BCUT2D eigenvalue weighted by Gasteiger charge is 2.22. The Morgan fingerprint density at radius 2 is 2.17 bits per heavy atom. The van der Waals surface area contributed by atoms with Crippen molar-refractivity contribution < 1.29 is 0 Å². The number of aromatic nitrogens is 4. The van der Waals surface area contributed by atoms with Crippen molar-refractivity contribution in [1.29, 1.82) is 5.41 Å². The highest BCUT2D eigenvalue weighted by atomic mass is 15.2. The summed E-state index contributed by atoms with van der Waals surface area (Å²) in [6, 6.07) is 2.40. The van der Waals surface area contributed by atoms with Crippen LogP contribution in [0.5, 0.6) is 0 Å². The molecule has 2 aromatic heterocycles. The molecule has 1 saturated carbocycles. The topological polar surface area (TPSA) is 93.6 Å². The number of anilines is 1. The zero-order valence-corrected chi connectivity index (χ0v) is 13.5. The third-order valence-electron chi connectivity index (χ3n) is 4.37. The number of aromatic amines is 1. The molecule has 1 aliphatic heterocycles. The summed E-state index contributed by atoms with van der Waals surface area (Å²) in [5, 5.41) is 18.6. The van der Waals surface area contributed by atoms with Gasteiger partial charge in [0, 0.05) is 30.9 Å². The maximum Gasteiger partial charge on any atom is 0.223 e. The minimum atomic E-state index is 0.518. The molecule has 3 N–H and O–H groups in total. The zero-order valence-electron chi connectivity index (χ0n) is 13.5. The van der Waals surface area contributed by atoms with E-state index in [1.54, 1.807) is 12.4 Å². The smallest absolute Gasteiger partial charge is 0.223 e. The summed E-state index contributed by atoms with van der Waals surface area (Å²) in [6.07, 6.45) is 12.0. The second kappa shape index (κ2) is 6.43. The van der Waals surface area contributed by atoms with Gasteiger partial charge in [0.1, 0.15) is 5.84 Å². The molecule has 0 atom stereocenters. The van der Waals surface area contributed by atoms with Gasteiger partial charge in [-0.2, -0.15) is 5.10 Å². The lowest BCUT2D eigenvalue weighted by Gasteiger charge is -2.14. The van der Waals surface area contributed by atoms with E-state index >= 15 is 0 Å². The van der Waals surface area contributed by atoms with Gasteiger partial charge in [-0.25, -0.2) is 9.97 Å². The van der Waals surface area contributed by atoms with Crippen molar-refractivity contribution in [2.45, 2.75) is 31.7 Å². The van der Waals surface area contributed by atoms with Crippen molar-refractivity contribution in [3.63, 3.8) is 0 Å². The van der Waals surface area contributed by atoms with Crippen LogP contribution in [0.15, 0.2) is 24.5 Å². The molecule has 7 heteroatoms. The Hall–Kier alpha value is -2.70. The summed E-state index contributed by atoms with van der Waals surface area (Å²) in [4.78, 5) is 10.9. The Bertz CT molecular complexity index is 754. The normalized spacial score (nSPS) is 17.6. The van der Waals surface area contributed by atoms with Crippen LogP contribution in [0.25, 0.3) is 17.3 Å². The van der Waals surface area contributed by atoms with Gasteiger partial charge in [-0.3, -0.25) is 10.5 Å². The largest absolute Gasteiger partial charge is 0.357 e. The van der Waals surface area contributed by atoms with Crippen molar-refractivity contribution in [2.24, 2.45) is 0 Å². The lowest BCUT2D eigenvalue weighted by Crippen LogP contribution is -2.24. The number of hydrogen-bond donors (Lipinski definition) is 3. The summed E-state index contributed by atoms with van der Waals surface area (Å²) in [5.74, 6) is 1.21. The van der Waals surface area contributed by atoms with E-state index in [4.69, 9.17) is 5.41 Å². The van der Waals surface area contributed by atoms with E-state index in [0.717, 1.165) is 30.0 Å². The Labute approximate surface area is 140 Å². The van der Waals surface area contributed by atoms with Crippen LogP contribution in [0, 0.1) is 5.41 Å². The first-order chi connectivity index (χ1) is 11.8. The maximum absolute atomic E-state index is 8.15. The van der Waals surface area contributed by atoms with E-state index in [-0.39, 0.29) is 0 Å². The van der Waals surface area contributed by atoms with Gasteiger partial charge >= 0.3 is 0 Å². The Balaban J connectivity index is 1.52. The first kappa shape index (κ1) is 14.9. The molecule has 2 fully saturated rings. The third-order valence-corrected chi connectivity index (χ3v) is 4.37. The van der Waals surface area contributed by atoms with Gasteiger partial charge in [-0.05, 0) is 43.9 Å². The lowest BCUT2D eigenvalue weighted by molar-refractivity contribution is 0.519. The minimum Gasteiger partial charge on any atom is -0.357 e. The molecule has 124 valence electrons. The molecule has 0 radical (unpaired) electrons. The summed E-state index contributed by atoms with van der Waals surface area (Å²) in [5.41, 5.74) is 2.60. The molecule has 0 spiro atoms. The molecule has 7 nitrogen and oxygen atoms in total. The molecule has 3 heterocycles. The van der Waals surface area contributed by atoms with Crippen LogP contribution >= 0.6 is 0 Å². The van der Waals surface area contributed by atoms with Crippen LogP contribution in [0.3, 0.4) is 0 Å². The van der Waals surface area contributed by atoms with Crippen LogP contribution in [0.4, 0.5) is 5.95 Å². The Kier molecular flexibility index (Phi) is 3.98. The third kappa shape index (κ3) is 3.29. The fourth-order valence-corrected chi connectivity index (χ4v) is 2.84. The maximum atomic E-state index is 8.15. The van der Waals surface area contributed by atoms with Crippen LogP contribution in [-0.2, 0) is 0 Å². The molecular weight excluding hydrogens is 302 g/mol. The predicted molar refractivity (Wildman–Crippen MR) is 93.8 cm³/mol. The molecule has 2 aromatic rings. The van der Waals surface area contributed by atoms with E-state index in [2.05, 4.69) is 30.4 Å². The molecule has 24 heavy (non-hydrogen) atoms. The number of hydrogen-bond acceptors (Lipinski definition) is 5. The fourth-order valence-electron chi connectivity index (χ4n) is 2.84. The van der Waals surface area contributed by atoms with Crippen molar-refractivity contribution in [1.82, 2.24) is 25.1 Å². The summed E-state index contributed by atoms with van der Waals surface area (Å²) in [7, 11) is 0. The predicted octanol–water partition coefficient (Wildman–Crippen LogP) is 2.53. The number of H-pyrrole nitrogens is 1. The number of likely N-dealkylation sites (tertiary alicyclic amines) is 1. The van der Waals surface area contributed by atoms with Gasteiger partial charge in [0.2, 0.25) is 5.95 Å². The van der Waals surface area contributed by atoms with Gasteiger partial charge in [0.25, 0.3) is 0 Å². The van der Waals surface area contributed by atoms with Crippen molar-refractivity contribution in [3.05, 3.63) is 30.2 Å². The van der Waals surface area contributed by atoms with E-state index in [0.29, 0.717) is 17.8 Å². The van der Waals surface area contributed by atoms with Crippen LogP contribution in [0.1, 0.15) is 31.4 Å². The fraction of sp³-hybridized carbons (Fsp3) is 0.412. The second-order valence-electron chi connectivity index (χ2n) is 6.29. The molecule has 1 aliphatic carbocycles. The second-order valence-corrected chi connectivity index (χ2v) is 6.29. The molecular formula is C17H21N7. The van der Waals surface area contributed by atoms with Gasteiger partial charge in [-0.15, -0.1) is 0 Å². The van der Waals surface area contributed by atoms with Gasteiger partial charge < -0.3 is 10.2 Å². The summed E-state index contributed by atoms with van der Waals surface area (Å²) >= 11 is 0. The van der Waals surface area contributed by atoms with Crippen molar-refractivity contribution in [2.75, 3.05) is 18.4 Å². The molecule has 0 bridgehead atoms. The average molecular weight is 323 g/mol. The van der Waals surface area contributed by atoms with Gasteiger partial charge in [-0.1, -0.05) is 0 Å². The Morgan fingerprint density at radius 3 is 2.96 bits per heavy atom. The van der Waals surface area contributed by atoms with E-state index in [9.17, 15) is 0 Å². The number of amidine groups is 1. The SMILES string of the molecule is N=C(/C=C\c1[nH]ncc1-c1ccnc(NC2CC2)n1)N1CCCC1. The number of rotatable bonds is 5. The van der Waals surface area contributed by atoms with E-state index < -0.39 is 0 Å². The number of nitrogens with one attached hydrogen (secondary N) is 3. The highest BCUT2D eigenvalue weighted by molar-refractivity contribution is 5.94. The van der Waals surface area contributed by atoms with E-state index in [1.165, 1.54) is 25.7 Å². The zero-order chi connectivity index (χ0) is 16.4. The molecule has 0 unspecified atom stereocenters. The standard InChI is InChI=1S/C17H21N7/c18-16(24-9-1-2-10-24)6-5-15-13(11-20-23-15)14-7-8-19-17(22-14)21-12-3-4-12/h5-8,11-12,18H,1-4,9-10H2,(H,20,23)(H,19,21,22)/b6-5-,18-16?. The Morgan fingerprint density at radius 1 is 1.33 bits per heavy atom. The molecule has 2 aliphatic rings. The lowest BCUT2D eigenvalue weighted by atomic mass is 10.1. The van der Waals surface area contributed by atoms with Crippen LogP contribution < -0.4 is 5.32 Å². The molecule has 0 aromatic carbocycles. The van der Waals surface area contributed by atoms with Crippen molar-refractivity contribution >= 4 is 17.9 Å². The number of nitrogens with zero attached hydrogens (tertiary/aromatic N) is 4. The summed E-state index contributed by atoms with van der Waals surface area (Å²) in [6.45, 7) is 1.95. The van der Waals surface area contributed by atoms with Crippen LogP contribution in [-0.4, -0.2) is 50.0 Å². The first-order valence-electron chi connectivity index (χ1n) is 8.44. The highest BCUT2D eigenvalue weighted by Crippen LogP contribution is 2.25. The van der Waals surface area contributed by atoms with Gasteiger partial charge in [0.05, 0.1) is 17.6 Å². The quantitative estimate of drug-likeness (QED) is 0.581. The minimum absolute atomic E-state index is 0.518. The molecule has 1 saturated heterocycles. The molecule has 4 rings (SSSR count). The summed E-state index contributed by atoms with van der Waals surface area (Å²) < 4.78 is 0. The van der Waals surface area contributed by atoms with Crippen LogP contribution in [0.2, 0.25) is 0 Å².